The van der Waals surface area contributed by atoms with Gasteiger partial charge in [-0.1, -0.05) is 6.07 Å². The van der Waals surface area contributed by atoms with Gasteiger partial charge in [0.15, 0.2) is 0 Å². The number of nitrogens with one attached hydrogen (secondary N) is 2. The number of rotatable bonds is 5. The fourth-order valence-electron chi connectivity index (χ4n) is 1.69. The molecule has 2 rings (SSSR count). The molecule has 0 aliphatic heterocycles. The molecule has 0 fully saturated rings. The van der Waals surface area contributed by atoms with E-state index in [1.165, 1.54) is 19.2 Å². The molecule has 19 heavy (non-hydrogen) atoms. The first kappa shape index (κ1) is 13.1. The maximum atomic E-state index is 13.1. The first-order valence-corrected chi connectivity index (χ1v) is 6.04. The summed E-state index contributed by atoms with van der Waals surface area (Å²) in [6, 6.07) is 9.94. The maximum absolute atomic E-state index is 13.1. The molecule has 2 aromatic rings. The van der Waals surface area contributed by atoms with Crippen molar-refractivity contribution in [2.45, 2.75) is 6.92 Å². The van der Waals surface area contributed by atoms with Gasteiger partial charge in [0.2, 0.25) is 0 Å². The Hall–Kier alpha value is -2.30. The summed E-state index contributed by atoms with van der Waals surface area (Å²) in [4.78, 5) is 4.38. The highest BCUT2D eigenvalue weighted by atomic mass is 19.1. The molecule has 0 aliphatic rings. The lowest BCUT2D eigenvalue weighted by Crippen LogP contribution is -2.02. The average molecular weight is 261 g/mol. The first-order chi connectivity index (χ1) is 9.22. The highest BCUT2D eigenvalue weighted by Gasteiger charge is 2.05. The Morgan fingerprint density at radius 2 is 2.00 bits per heavy atom. The van der Waals surface area contributed by atoms with Crippen molar-refractivity contribution in [1.82, 2.24) is 4.98 Å². The number of hydrogen-bond acceptors (Lipinski definition) is 4. The fourth-order valence-corrected chi connectivity index (χ4v) is 1.69. The first-order valence-electron chi connectivity index (χ1n) is 6.04. The number of pyridine rings is 1. The number of hydrogen-bond donors (Lipinski definition) is 2. The predicted molar refractivity (Wildman–Crippen MR) is 74.6 cm³/mol. The van der Waals surface area contributed by atoms with Crippen LogP contribution in [0.5, 0.6) is 5.75 Å². The molecular weight excluding hydrogens is 245 g/mol. The molecule has 5 heteroatoms. The molecule has 2 N–H and O–H groups in total. The molecule has 1 aromatic heterocycles. The van der Waals surface area contributed by atoms with E-state index in [4.69, 9.17) is 4.74 Å². The zero-order valence-electron chi connectivity index (χ0n) is 10.9. The van der Waals surface area contributed by atoms with Crippen LogP contribution in [0.2, 0.25) is 0 Å². The van der Waals surface area contributed by atoms with E-state index in [-0.39, 0.29) is 5.82 Å². The van der Waals surface area contributed by atoms with Crippen LogP contribution in [0.15, 0.2) is 36.4 Å². The number of halogens is 1. The van der Waals surface area contributed by atoms with Crippen LogP contribution in [-0.2, 0) is 0 Å². The van der Waals surface area contributed by atoms with Crippen LogP contribution in [0.3, 0.4) is 0 Å². The standard InChI is InChI=1S/C14H16FN3O/c1-3-16-13-5-4-6-14(18-13)17-11-8-7-10(15)9-12(11)19-2/h4-9H,3H2,1-2H3,(H2,16,17,18). The molecule has 0 saturated heterocycles. The molecule has 1 heterocycles. The van der Waals surface area contributed by atoms with Gasteiger partial charge in [-0.3, -0.25) is 0 Å². The quantitative estimate of drug-likeness (QED) is 0.866. The fraction of sp³-hybridized carbons (Fsp3) is 0.214. The lowest BCUT2D eigenvalue weighted by atomic mass is 10.2. The summed E-state index contributed by atoms with van der Waals surface area (Å²) in [5, 5.41) is 6.24. The second kappa shape index (κ2) is 6.04. The predicted octanol–water partition coefficient (Wildman–Crippen LogP) is 3.40. The Labute approximate surface area is 111 Å². The van der Waals surface area contributed by atoms with Gasteiger partial charge in [-0.05, 0) is 31.2 Å². The van der Waals surface area contributed by atoms with E-state index in [9.17, 15) is 4.39 Å². The largest absolute Gasteiger partial charge is 0.494 e. The summed E-state index contributed by atoms with van der Waals surface area (Å²) in [5.74, 6) is 1.56. The van der Waals surface area contributed by atoms with Gasteiger partial charge in [0.05, 0.1) is 12.8 Å². The van der Waals surface area contributed by atoms with E-state index in [1.807, 2.05) is 25.1 Å². The molecule has 0 radical (unpaired) electrons. The van der Waals surface area contributed by atoms with Gasteiger partial charge in [-0.25, -0.2) is 9.37 Å². The Balaban J connectivity index is 2.23. The Kier molecular flexibility index (Phi) is 4.18. The van der Waals surface area contributed by atoms with E-state index in [1.54, 1.807) is 6.07 Å². The van der Waals surface area contributed by atoms with Crippen LogP contribution in [0.25, 0.3) is 0 Å². The highest BCUT2D eigenvalue weighted by molar-refractivity contribution is 5.65. The Morgan fingerprint density at radius 3 is 2.74 bits per heavy atom. The second-order valence-corrected chi connectivity index (χ2v) is 3.91. The molecule has 0 aliphatic carbocycles. The summed E-state index contributed by atoms with van der Waals surface area (Å²) in [6.07, 6.45) is 0. The van der Waals surface area contributed by atoms with Gasteiger partial charge >= 0.3 is 0 Å². The number of aromatic nitrogens is 1. The molecule has 0 amide bonds. The number of ether oxygens (including phenoxy) is 1. The second-order valence-electron chi connectivity index (χ2n) is 3.91. The minimum atomic E-state index is -0.336. The van der Waals surface area contributed by atoms with E-state index in [0.717, 1.165) is 12.4 Å². The van der Waals surface area contributed by atoms with Crippen molar-refractivity contribution in [1.29, 1.82) is 0 Å². The summed E-state index contributed by atoms with van der Waals surface area (Å²) < 4.78 is 18.2. The molecule has 100 valence electrons. The molecule has 0 unspecified atom stereocenters. The minimum Gasteiger partial charge on any atom is -0.494 e. The Bertz CT molecular complexity index is 560. The van der Waals surface area contributed by atoms with Gasteiger partial charge in [0.25, 0.3) is 0 Å². The van der Waals surface area contributed by atoms with E-state index in [2.05, 4.69) is 15.6 Å². The lowest BCUT2D eigenvalue weighted by Gasteiger charge is -2.11. The third-order valence-electron chi connectivity index (χ3n) is 2.53. The van der Waals surface area contributed by atoms with Crippen LogP contribution < -0.4 is 15.4 Å². The maximum Gasteiger partial charge on any atom is 0.145 e. The van der Waals surface area contributed by atoms with Gasteiger partial charge < -0.3 is 15.4 Å². The van der Waals surface area contributed by atoms with Crippen LogP contribution >= 0.6 is 0 Å². The third-order valence-corrected chi connectivity index (χ3v) is 2.53. The molecule has 1 aromatic carbocycles. The highest BCUT2D eigenvalue weighted by Crippen LogP contribution is 2.27. The number of benzene rings is 1. The van der Waals surface area contributed by atoms with Crippen molar-refractivity contribution in [3.05, 3.63) is 42.2 Å². The molecular formula is C14H16FN3O. The average Bonchev–Trinajstić information content (AvgIpc) is 2.41. The van der Waals surface area contributed by atoms with Crippen molar-refractivity contribution in [2.24, 2.45) is 0 Å². The minimum absolute atomic E-state index is 0.336. The van der Waals surface area contributed by atoms with Crippen molar-refractivity contribution < 1.29 is 9.13 Å². The zero-order valence-corrected chi connectivity index (χ0v) is 10.9. The monoisotopic (exact) mass is 261 g/mol. The lowest BCUT2D eigenvalue weighted by molar-refractivity contribution is 0.413. The number of methoxy groups -OCH3 is 1. The van der Waals surface area contributed by atoms with Crippen LogP contribution in [-0.4, -0.2) is 18.6 Å². The van der Waals surface area contributed by atoms with E-state index in [0.29, 0.717) is 17.3 Å². The molecule has 0 spiro atoms. The van der Waals surface area contributed by atoms with Crippen molar-refractivity contribution in [3.8, 4) is 5.75 Å². The number of anilines is 3. The normalized spacial score (nSPS) is 10.1. The molecule has 0 bridgehead atoms. The van der Waals surface area contributed by atoms with Crippen LogP contribution in [0.1, 0.15) is 6.92 Å². The third kappa shape index (κ3) is 3.34. The Morgan fingerprint density at radius 1 is 1.21 bits per heavy atom. The smallest absolute Gasteiger partial charge is 0.145 e. The topological polar surface area (TPSA) is 46.2 Å². The summed E-state index contributed by atoms with van der Waals surface area (Å²) in [7, 11) is 1.50. The molecule has 0 atom stereocenters. The van der Waals surface area contributed by atoms with Gasteiger partial charge in [-0.15, -0.1) is 0 Å². The van der Waals surface area contributed by atoms with Crippen molar-refractivity contribution >= 4 is 17.3 Å². The SMILES string of the molecule is CCNc1cccc(Nc2ccc(F)cc2OC)n1. The summed E-state index contributed by atoms with van der Waals surface area (Å²) >= 11 is 0. The van der Waals surface area contributed by atoms with Gasteiger partial charge in [0.1, 0.15) is 23.2 Å². The summed E-state index contributed by atoms with van der Waals surface area (Å²) in [5.41, 5.74) is 0.671. The summed E-state index contributed by atoms with van der Waals surface area (Å²) in [6.45, 7) is 2.81. The van der Waals surface area contributed by atoms with E-state index < -0.39 is 0 Å². The zero-order chi connectivity index (χ0) is 13.7. The van der Waals surface area contributed by atoms with E-state index >= 15 is 0 Å². The van der Waals surface area contributed by atoms with Gasteiger partial charge in [0, 0.05) is 12.6 Å². The molecule has 0 saturated carbocycles. The number of nitrogens with zero attached hydrogens (tertiary/aromatic N) is 1. The van der Waals surface area contributed by atoms with Crippen LogP contribution in [0, 0.1) is 5.82 Å². The van der Waals surface area contributed by atoms with Crippen molar-refractivity contribution in [2.75, 3.05) is 24.3 Å². The van der Waals surface area contributed by atoms with Gasteiger partial charge in [-0.2, -0.15) is 0 Å². The molecule has 4 nitrogen and oxygen atoms in total. The van der Waals surface area contributed by atoms with Crippen molar-refractivity contribution in [3.63, 3.8) is 0 Å². The van der Waals surface area contributed by atoms with Crippen LogP contribution in [0.4, 0.5) is 21.7 Å².